The summed E-state index contributed by atoms with van der Waals surface area (Å²) >= 11 is 0. The van der Waals surface area contributed by atoms with E-state index >= 15 is 0 Å². The lowest BCUT2D eigenvalue weighted by atomic mass is 10.6. The number of nitrogens with zero attached hydrogens (tertiary/aromatic N) is 1. The molecule has 0 N–H and O–H groups in total. The van der Waals surface area contributed by atoms with E-state index in [0.717, 1.165) is 0 Å². The smallest absolute Gasteiger partial charge is 0.272 e. The van der Waals surface area contributed by atoms with Crippen molar-refractivity contribution in [2.45, 2.75) is 6.92 Å². The van der Waals surface area contributed by atoms with Gasteiger partial charge in [0.2, 0.25) is 0 Å². The molecule has 0 aliphatic rings. The minimum atomic E-state index is -0.160. The first kappa shape index (κ1) is 9.39. The predicted molar refractivity (Wildman–Crippen MR) is 36.3 cm³/mol. The summed E-state index contributed by atoms with van der Waals surface area (Å²) in [7, 11) is 2.93. The first-order valence-corrected chi connectivity index (χ1v) is 3.09. The van der Waals surface area contributed by atoms with Crippen molar-refractivity contribution in [2.75, 3.05) is 27.4 Å². The van der Waals surface area contributed by atoms with Gasteiger partial charge in [-0.25, -0.2) is 5.06 Å². The zero-order chi connectivity index (χ0) is 7.98. The Hall–Kier alpha value is -0.610. The van der Waals surface area contributed by atoms with Crippen LogP contribution in [0.3, 0.4) is 0 Å². The number of rotatable bonds is 4. The van der Waals surface area contributed by atoms with E-state index in [1.165, 1.54) is 19.3 Å². The van der Waals surface area contributed by atoms with Gasteiger partial charge in [0, 0.05) is 13.7 Å². The number of methoxy groups -OCH3 is 1. The fourth-order valence-corrected chi connectivity index (χ4v) is 0.603. The molecule has 0 aromatic rings. The maximum atomic E-state index is 10.9. The Kier molecular flexibility index (Phi) is 4.88. The molecule has 0 aromatic carbocycles. The molecule has 10 heavy (non-hydrogen) atoms. The van der Waals surface area contributed by atoms with Crippen molar-refractivity contribution in [1.82, 2.24) is 5.06 Å². The summed E-state index contributed by atoms with van der Waals surface area (Å²) in [5, 5.41) is 1.24. The zero-order valence-corrected chi connectivity index (χ0v) is 6.59. The molecule has 0 aliphatic carbocycles. The Labute approximate surface area is 60.7 Å². The van der Waals surface area contributed by atoms with E-state index in [4.69, 9.17) is 4.84 Å². The Balaban J connectivity index is 3.65. The van der Waals surface area contributed by atoms with Gasteiger partial charge < -0.3 is 4.74 Å². The number of hydrogen-bond donors (Lipinski definition) is 0. The second-order valence-electron chi connectivity index (χ2n) is 1.70. The summed E-state index contributed by atoms with van der Waals surface area (Å²) in [6.45, 7) is 2.44. The molecule has 0 spiro atoms. The summed E-state index contributed by atoms with van der Waals surface area (Å²) in [5.41, 5.74) is 0. The highest BCUT2D eigenvalue weighted by Gasteiger charge is 2.08. The molecule has 60 valence electrons. The molecule has 0 atom stereocenters. The van der Waals surface area contributed by atoms with Gasteiger partial charge in [-0.2, -0.15) is 0 Å². The lowest BCUT2D eigenvalue weighted by Gasteiger charge is -2.16. The molecule has 0 aliphatic heterocycles. The van der Waals surface area contributed by atoms with Crippen LogP contribution >= 0.6 is 0 Å². The Morgan fingerprint density at radius 3 is 2.40 bits per heavy atom. The number of carbonyl (C=O) groups is 1. The van der Waals surface area contributed by atoms with Crippen LogP contribution in [-0.2, 0) is 14.4 Å². The van der Waals surface area contributed by atoms with Gasteiger partial charge in [0.05, 0.1) is 7.11 Å². The standard InChI is InChI=1S/C6H13NO3/c1-4-7(10-3)6(8)5-9-2/h4-5H2,1-3H3. The largest absolute Gasteiger partial charge is 0.375 e. The summed E-state index contributed by atoms with van der Waals surface area (Å²) in [6.07, 6.45) is 0. The number of hydrogen-bond acceptors (Lipinski definition) is 3. The molecule has 1 amide bonds. The molecule has 0 rings (SSSR count). The molecule has 0 radical (unpaired) electrons. The Morgan fingerprint density at radius 1 is 1.50 bits per heavy atom. The number of amides is 1. The van der Waals surface area contributed by atoms with E-state index < -0.39 is 0 Å². The second kappa shape index (κ2) is 5.20. The van der Waals surface area contributed by atoms with E-state index in [2.05, 4.69) is 4.74 Å². The lowest BCUT2D eigenvalue weighted by Crippen LogP contribution is -2.32. The van der Waals surface area contributed by atoms with Gasteiger partial charge in [0.25, 0.3) is 5.91 Å². The maximum absolute atomic E-state index is 10.9. The van der Waals surface area contributed by atoms with Gasteiger partial charge in [0.1, 0.15) is 6.61 Å². The van der Waals surface area contributed by atoms with Crippen molar-refractivity contribution in [3.63, 3.8) is 0 Å². The number of likely N-dealkylation sites (N-methyl/N-ethyl adjacent to an activating group) is 1. The minimum Gasteiger partial charge on any atom is -0.375 e. The van der Waals surface area contributed by atoms with Gasteiger partial charge >= 0.3 is 0 Å². The average Bonchev–Trinajstić information content (AvgIpc) is 1.91. The zero-order valence-electron chi connectivity index (χ0n) is 6.59. The van der Waals surface area contributed by atoms with E-state index in [9.17, 15) is 4.79 Å². The second-order valence-corrected chi connectivity index (χ2v) is 1.70. The fourth-order valence-electron chi connectivity index (χ4n) is 0.603. The highest BCUT2D eigenvalue weighted by atomic mass is 16.7. The van der Waals surface area contributed by atoms with Gasteiger partial charge in [-0.15, -0.1) is 0 Å². The topological polar surface area (TPSA) is 38.8 Å². The molecule has 4 heteroatoms. The molecule has 0 saturated carbocycles. The van der Waals surface area contributed by atoms with Crippen molar-refractivity contribution in [3.05, 3.63) is 0 Å². The van der Waals surface area contributed by atoms with Crippen LogP contribution in [0.5, 0.6) is 0 Å². The molecule has 0 fully saturated rings. The Bertz CT molecular complexity index is 101. The fraction of sp³-hybridized carbons (Fsp3) is 0.833. The summed E-state index contributed by atoms with van der Waals surface area (Å²) in [4.78, 5) is 15.6. The van der Waals surface area contributed by atoms with Crippen molar-refractivity contribution in [2.24, 2.45) is 0 Å². The van der Waals surface area contributed by atoms with E-state index in [-0.39, 0.29) is 12.5 Å². The SMILES string of the molecule is CCN(OC)C(=O)COC. The van der Waals surface area contributed by atoms with Crippen LogP contribution in [0.1, 0.15) is 6.92 Å². The van der Waals surface area contributed by atoms with Crippen molar-refractivity contribution in [3.8, 4) is 0 Å². The first-order valence-electron chi connectivity index (χ1n) is 3.09. The van der Waals surface area contributed by atoms with Crippen LogP contribution in [0.4, 0.5) is 0 Å². The van der Waals surface area contributed by atoms with Crippen molar-refractivity contribution < 1.29 is 14.4 Å². The van der Waals surface area contributed by atoms with Crippen LogP contribution in [0, 0.1) is 0 Å². The maximum Gasteiger partial charge on any atom is 0.272 e. The molecule has 0 unspecified atom stereocenters. The minimum absolute atomic E-state index is 0.0711. The summed E-state index contributed by atoms with van der Waals surface area (Å²) in [6, 6.07) is 0. The van der Waals surface area contributed by atoms with Crippen LogP contribution in [0.15, 0.2) is 0 Å². The summed E-state index contributed by atoms with van der Waals surface area (Å²) < 4.78 is 4.62. The molecule has 0 saturated heterocycles. The molecule has 0 heterocycles. The van der Waals surface area contributed by atoms with Gasteiger partial charge in [-0.3, -0.25) is 9.63 Å². The van der Waals surface area contributed by atoms with Crippen molar-refractivity contribution >= 4 is 5.91 Å². The van der Waals surface area contributed by atoms with E-state index in [1.807, 2.05) is 6.92 Å². The first-order chi connectivity index (χ1) is 4.76. The Morgan fingerprint density at radius 2 is 2.10 bits per heavy atom. The average molecular weight is 147 g/mol. The molecule has 0 aromatic heterocycles. The number of carbonyl (C=O) groups excluding carboxylic acids is 1. The molecule has 0 bridgehead atoms. The van der Waals surface area contributed by atoms with Gasteiger partial charge in [-0.1, -0.05) is 0 Å². The van der Waals surface area contributed by atoms with Crippen molar-refractivity contribution in [1.29, 1.82) is 0 Å². The van der Waals surface area contributed by atoms with Crippen LogP contribution < -0.4 is 0 Å². The van der Waals surface area contributed by atoms with Gasteiger partial charge in [-0.05, 0) is 6.92 Å². The van der Waals surface area contributed by atoms with Crippen LogP contribution in [0.25, 0.3) is 0 Å². The molecule has 4 nitrogen and oxygen atoms in total. The van der Waals surface area contributed by atoms with Crippen LogP contribution in [-0.4, -0.2) is 38.3 Å². The van der Waals surface area contributed by atoms with E-state index in [0.29, 0.717) is 6.54 Å². The highest BCUT2D eigenvalue weighted by Crippen LogP contribution is 1.88. The quantitative estimate of drug-likeness (QED) is 0.527. The van der Waals surface area contributed by atoms with Crippen LogP contribution in [0.2, 0.25) is 0 Å². The third-order valence-electron chi connectivity index (χ3n) is 1.05. The number of ether oxygens (including phenoxy) is 1. The third-order valence-corrected chi connectivity index (χ3v) is 1.05. The third kappa shape index (κ3) is 2.80. The highest BCUT2D eigenvalue weighted by molar-refractivity contribution is 5.76. The normalized spacial score (nSPS) is 9.50. The summed E-state index contributed by atoms with van der Waals surface area (Å²) in [5.74, 6) is -0.160. The predicted octanol–water partition coefficient (Wildman–Crippen LogP) is 0.0427. The molecular weight excluding hydrogens is 134 g/mol. The lowest BCUT2D eigenvalue weighted by molar-refractivity contribution is -0.178. The molecular formula is C6H13NO3. The van der Waals surface area contributed by atoms with Gasteiger partial charge in [0.15, 0.2) is 0 Å². The number of hydroxylamine groups is 2. The van der Waals surface area contributed by atoms with E-state index in [1.54, 1.807) is 0 Å². The monoisotopic (exact) mass is 147 g/mol.